The Kier molecular flexibility index (Phi) is 5.71. The van der Waals surface area contributed by atoms with Gasteiger partial charge in [0, 0.05) is 25.3 Å². The Morgan fingerprint density at radius 1 is 1.50 bits per heavy atom. The van der Waals surface area contributed by atoms with Gasteiger partial charge in [-0.25, -0.2) is 8.42 Å². The number of aliphatic hydroxyl groups is 1. The molecule has 5 nitrogen and oxygen atoms in total. The molecule has 2 N–H and O–H groups in total. The van der Waals surface area contributed by atoms with Crippen molar-refractivity contribution in [3.05, 3.63) is 0 Å². The van der Waals surface area contributed by atoms with E-state index in [0.717, 1.165) is 6.26 Å². The molecule has 0 aliphatic carbocycles. The first kappa shape index (κ1) is 13.4. The Morgan fingerprint density at radius 3 is 2.50 bits per heavy atom. The summed E-state index contributed by atoms with van der Waals surface area (Å²) in [5.41, 5.74) is 0. The number of nitrogens with one attached hydrogen (secondary N) is 1. The average Bonchev–Trinajstić information content (AvgIpc) is 2.00. The van der Waals surface area contributed by atoms with Crippen molar-refractivity contribution in [2.24, 2.45) is 0 Å². The fraction of sp³-hybridized carbons (Fsp3) is 0.875. The van der Waals surface area contributed by atoms with Crippen molar-refractivity contribution >= 4 is 15.7 Å². The SMILES string of the molecule is CC(CCO)NC(=O)CCS(C)(=O)=O. The minimum absolute atomic E-state index is 0.00746. The number of hydrogen-bond acceptors (Lipinski definition) is 4. The summed E-state index contributed by atoms with van der Waals surface area (Å²) in [6.07, 6.45) is 1.55. The summed E-state index contributed by atoms with van der Waals surface area (Å²) in [4.78, 5) is 11.1. The van der Waals surface area contributed by atoms with Crippen molar-refractivity contribution in [1.82, 2.24) is 5.32 Å². The number of rotatable bonds is 6. The van der Waals surface area contributed by atoms with Crippen LogP contribution in [0, 0.1) is 0 Å². The molecule has 0 heterocycles. The first-order chi connectivity index (χ1) is 6.35. The van der Waals surface area contributed by atoms with Crippen molar-refractivity contribution < 1.29 is 18.3 Å². The second-order valence-corrected chi connectivity index (χ2v) is 5.62. The molecule has 0 aliphatic heterocycles. The Morgan fingerprint density at radius 2 is 2.07 bits per heavy atom. The fourth-order valence-corrected chi connectivity index (χ4v) is 1.45. The van der Waals surface area contributed by atoms with Crippen LogP contribution in [0.25, 0.3) is 0 Å². The van der Waals surface area contributed by atoms with E-state index in [2.05, 4.69) is 5.32 Å². The summed E-state index contributed by atoms with van der Waals surface area (Å²) < 4.78 is 21.5. The third-order valence-corrected chi connectivity index (χ3v) is 2.62. The van der Waals surface area contributed by atoms with E-state index in [4.69, 9.17) is 5.11 Å². The Balaban J connectivity index is 3.77. The molecule has 1 amide bonds. The fourth-order valence-electron chi connectivity index (χ4n) is 0.891. The lowest BCUT2D eigenvalue weighted by molar-refractivity contribution is -0.121. The van der Waals surface area contributed by atoms with Gasteiger partial charge < -0.3 is 10.4 Å². The summed E-state index contributed by atoms with van der Waals surface area (Å²) in [6, 6.07) is -0.118. The first-order valence-corrected chi connectivity index (χ1v) is 6.49. The molecule has 0 aromatic carbocycles. The normalized spacial score (nSPS) is 13.6. The maximum Gasteiger partial charge on any atom is 0.221 e. The number of sulfone groups is 1. The summed E-state index contributed by atoms with van der Waals surface area (Å²) in [5.74, 6) is -0.429. The van der Waals surface area contributed by atoms with E-state index in [0.29, 0.717) is 6.42 Å². The third-order valence-electron chi connectivity index (χ3n) is 1.67. The topological polar surface area (TPSA) is 83.5 Å². The summed E-state index contributed by atoms with van der Waals surface area (Å²) in [6.45, 7) is 1.77. The molecule has 0 saturated carbocycles. The van der Waals surface area contributed by atoms with Crippen LogP contribution in [0.3, 0.4) is 0 Å². The zero-order chi connectivity index (χ0) is 11.2. The van der Waals surface area contributed by atoms with Crippen LogP contribution in [0.2, 0.25) is 0 Å². The summed E-state index contributed by atoms with van der Waals surface area (Å²) in [5, 5.41) is 11.2. The van der Waals surface area contributed by atoms with Crippen LogP contribution >= 0.6 is 0 Å². The average molecular weight is 223 g/mol. The number of carbonyl (C=O) groups excluding carboxylic acids is 1. The van der Waals surface area contributed by atoms with E-state index in [1.54, 1.807) is 6.92 Å². The maximum absolute atomic E-state index is 11.1. The molecule has 14 heavy (non-hydrogen) atoms. The highest BCUT2D eigenvalue weighted by molar-refractivity contribution is 7.90. The molecule has 1 atom stereocenters. The van der Waals surface area contributed by atoms with Crippen molar-refractivity contribution in [1.29, 1.82) is 0 Å². The van der Waals surface area contributed by atoms with Crippen LogP contribution in [-0.4, -0.2) is 44.1 Å². The smallest absolute Gasteiger partial charge is 0.221 e. The molecule has 0 aromatic heterocycles. The highest BCUT2D eigenvalue weighted by Gasteiger charge is 2.10. The molecular formula is C8H17NO4S. The van der Waals surface area contributed by atoms with E-state index >= 15 is 0 Å². The summed E-state index contributed by atoms with van der Waals surface area (Å²) >= 11 is 0. The maximum atomic E-state index is 11.1. The Hall–Kier alpha value is -0.620. The first-order valence-electron chi connectivity index (χ1n) is 4.43. The second kappa shape index (κ2) is 5.98. The minimum atomic E-state index is -3.08. The highest BCUT2D eigenvalue weighted by Crippen LogP contribution is 1.93. The van der Waals surface area contributed by atoms with Crippen LogP contribution in [0.4, 0.5) is 0 Å². The molecule has 84 valence electrons. The van der Waals surface area contributed by atoms with E-state index in [9.17, 15) is 13.2 Å². The van der Waals surface area contributed by atoms with E-state index in [1.165, 1.54) is 0 Å². The van der Waals surface area contributed by atoms with Gasteiger partial charge in [0.1, 0.15) is 9.84 Å². The molecule has 0 bridgehead atoms. The lowest BCUT2D eigenvalue weighted by Gasteiger charge is -2.11. The minimum Gasteiger partial charge on any atom is -0.396 e. The van der Waals surface area contributed by atoms with Gasteiger partial charge in [-0.1, -0.05) is 0 Å². The van der Waals surface area contributed by atoms with E-state index in [-0.39, 0.29) is 30.7 Å². The van der Waals surface area contributed by atoms with Gasteiger partial charge in [0.2, 0.25) is 5.91 Å². The van der Waals surface area contributed by atoms with Crippen molar-refractivity contribution in [3.8, 4) is 0 Å². The molecule has 0 aromatic rings. The lowest BCUT2D eigenvalue weighted by atomic mass is 10.2. The van der Waals surface area contributed by atoms with Gasteiger partial charge in [0.25, 0.3) is 0 Å². The number of amides is 1. The van der Waals surface area contributed by atoms with Gasteiger partial charge in [-0.3, -0.25) is 4.79 Å². The number of carbonyl (C=O) groups is 1. The summed E-state index contributed by atoms with van der Waals surface area (Å²) in [7, 11) is -3.08. The van der Waals surface area contributed by atoms with E-state index in [1.807, 2.05) is 0 Å². The zero-order valence-corrected chi connectivity index (χ0v) is 9.30. The quantitative estimate of drug-likeness (QED) is 0.624. The zero-order valence-electron chi connectivity index (χ0n) is 8.49. The lowest BCUT2D eigenvalue weighted by Crippen LogP contribution is -2.34. The molecule has 0 fully saturated rings. The molecule has 6 heteroatoms. The van der Waals surface area contributed by atoms with Gasteiger partial charge in [-0.2, -0.15) is 0 Å². The highest BCUT2D eigenvalue weighted by atomic mass is 32.2. The van der Waals surface area contributed by atoms with Gasteiger partial charge in [-0.05, 0) is 13.3 Å². The standard InChI is InChI=1S/C8H17NO4S/c1-7(3-5-10)9-8(11)4-6-14(2,12)13/h7,10H,3-6H2,1-2H3,(H,9,11). The molecule has 0 saturated heterocycles. The number of aliphatic hydroxyl groups excluding tert-OH is 1. The van der Waals surface area contributed by atoms with Crippen LogP contribution in [0.15, 0.2) is 0 Å². The number of hydrogen-bond donors (Lipinski definition) is 2. The molecule has 0 spiro atoms. The second-order valence-electron chi connectivity index (χ2n) is 3.36. The third kappa shape index (κ3) is 8.00. The van der Waals surface area contributed by atoms with Crippen LogP contribution in [0.5, 0.6) is 0 Å². The van der Waals surface area contributed by atoms with Gasteiger partial charge in [-0.15, -0.1) is 0 Å². The van der Waals surface area contributed by atoms with Crippen LogP contribution in [-0.2, 0) is 14.6 Å². The Bertz CT molecular complexity index is 273. The molecule has 1 unspecified atom stereocenters. The van der Waals surface area contributed by atoms with Gasteiger partial charge in [0.15, 0.2) is 0 Å². The van der Waals surface area contributed by atoms with Crippen molar-refractivity contribution in [2.45, 2.75) is 25.8 Å². The van der Waals surface area contributed by atoms with Crippen LogP contribution in [0.1, 0.15) is 19.8 Å². The molecule has 0 aliphatic rings. The molecule has 0 radical (unpaired) electrons. The van der Waals surface area contributed by atoms with E-state index < -0.39 is 9.84 Å². The Labute approximate surface area is 84.4 Å². The monoisotopic (exact) mass is 223 g/mol. The molecule has 0 rings (SSSR count). The van der Waals surface area contributed by atoms with Crippen molar-refractivity contribution in [3.63, 3.8) is 0 Å². The predicted molar refractivity (Wildman–Crippen MR) is 53.6 cm³/mol. The van der Waals surface area contributed by atoms with Crippen molar-refractivity contribution in [2.75, 3.05) is 18.6 Å². The predicted octanol–water partition coefficient (Wildman–Crippen LogP) is -0.692. The van der Waals surface area contributed by atoms with Gasteiger partial charge >= 0.3 is 0 Å². The molecular weight excluding hydrogens is 206 g/mol. The van der Waals surface area contributed by atoms with Crippen LogP contribution < -0.4 is 5.32 Å². The van der Waals surface area contributed by atoms with Gasteiger partial charge in [0.05, 0.1) is 5.75 Å². The largest absolute Gasteiger partial charge is 0.396 e.